The Labute approximate surface area is 171 Å². The Morgan fingerprint density at radius 3 is 2.07 bits per heavy atom. The third kappa shape index (κ3) is 5.34. The van der Waals surface area contributed by atoms with Crippen LogP contribution in [0.3, 0.4) is 0 Å². The Kier molecular flexibility index (Phi) is 7.18. The maximum absolute atomic E-state index is 12.5. The molecule has 8 heteroatoms. The maximum Gasteiger partial charge on any atom is 0.266 e. The van der Waals surface area contributed by atoms with Crippen LogP contribution >= 0.6 is 15.9 Å². The Bertz CT molecular complexity index is 963. The van der Waals surface area contributed by atoms with Crippen LogP contribution in [-0.4, -0.2) is 26.0 Å². The molecule has 0 aromatic heterocycles. The summed E-state index contributed by atoms with van der Waals surface area (Å²) in [5.41, 5.74) is 1.60. The van der Waals surface area contributed by atoms with Gasteiger partial charge >= 0.3 is 0 Å². The van der Waals surface area contributed by atoms with Gasteiger partial charge in [0, 0.05) is 22.8 Å². The zero-order chi connectivity index (χ0) is 20.7. The second kappa shape index (κ2) is 9.58. The first-order chi connectivity index (χ1) is 13.4. The molecular weight excluding hydrogens is 426 g/mol. The average molecular weight is 444 g/mol. The number of hydrogen-bond acceptors (Lipinski definition) is 5. The van der Waals surface area contributed by atoms with E-state index in [9.17, 15) is 14.9 Å². The summed E-state index contributed by atoms with van der Waals surface area (Å²) in [4.78, 5) is 23.5. The molecule has 2 aromatic rings. The van der Waals surface area contributed by atoms with Crippen molar-refractivity contribution in [3.05, 3.63) is 52.0 Å². The number of halogens is 1. The maximum atomic E-state index is 12.5. The fourth-order valence-corrected chi connectivity index (χ4v) is 2.76. The highest BCUT2D eigenvalue weighted by molar-refractivity contribution is 9.10. The van der Waals surface area contributed by atoms with E-state index in [-0.39, 0.29) is 11.5 Å². The molecule has 0 aliphatic rings. The number of rotatable bonds is 6. The van der Waals surface area contributed by atoms with Crippen LogP contribution < -0.4 is 20.1 Å². The van der Waals surface area contributed by atoms with Crippen molar-refractivity contribution < 1.29 is 19.1 Å². The monoisotopic (exact) mass is 443 g/mol. The zero-order valence-electron chi connectivity index (χ0n) is 15.5. The van der Waals surface area contributed by atoms with Gasteiger partial charge in [-0.2, -0.15) is 5.26 Å². The van der Waals surface area contributed by atoms with Crippen LogP contribution in [0.15, 0.2) is 46.4 Å². The van der Waals surface area contributed by atoms with E-state index in [2.05, 4.69) is 26.6 Å². The van der Waals surface area contributed by atoms with Gasteiger partial charge in [0.2, 0.25) is 5.91 Å². The quantitative estimate of drug-likeness (QED) is 0.519. The number of nitrogens with one attached hydrogen (secondary N) is 2. The molecular formula is C20H18BrN3O4. The van der Waals surface area contributed by atoms with Crippen LogP contribution in [0.25, 0.3) is 6.08 Å². The van der Waals surface area contributed by atoms with E-state index in [1.165, 1.54) is 27.2 Å². The average Bonchev–Trinajstić information content (AvgIpc) is 2.67. The van der Waals surface area contributed by atoms with E-state index < -0.39 is 5.91 Å². The van der Waals surface area contributed by atoms with Crippen molar-refractivity contribution in [2.24, 2.45) is 0 Å². The largest absolute Gasteiger partial charge is 0.493 e. The summed E-state index contributed by atoms with van der Waals surface area (Å²) in [7, 11) is 3.02. The van der Waals surface area contributed by atoms with E-state index in [4.69, 9.17) is 9.47 Å². The number of ether oxygens (including phenoxy) is 2. The molecule has 2 aromatic carbocycles. The Morgan fingerprint density at radius 1 is 1.04 bits per heavy atom. The molecule has 0 fully saturated rings. The lowest BCUT2D eigenvalue weighted by Crippen LogP contribution is -2.13. The van der Waals surface area contributed by atoms with Gasteiger partial charge in [-0.1, -0.05) is 15.9 Å². The van der Waals surface area contributed by atoms with Gasteiger partial charge in [-0.05, 0) is 48.0 Å². The number of nitriles is 1. The van der Waals surface area contributed by atoms with Crippen molar-refractivity contribution >= 4 is 45.2 Å². The van der Waals surface area contributed by atoms with Crippen LogP contribution in [0.1, 0.15) is 12.5 Å². The number of methoxy groups -OCH3 is 2. The Balaban J connectivity index is 2.24. The minimum atomic E-state index is -0.559. The first kappa shape index (κ1) is 21.0. The highest BCUT2D eigenvalue weighted by Gasteiger charge is 2.13. The highest BCUT2D eigenvalue weighted by Crippen LogP contribution is 2.34. The standard InChI is InChI=1S/C20H18BrN3O4/c1-12(25)23-15-4-6-16(7-5-15)24-20(26)14(11-22)8-13-9-18(27-2)19(28-3)10-17(13)21/h4-10H,1-3H3,(H,23,25)(H,24,26). The fourth-order valence-electron chi connectivity index (χ4n) is 2.32. The third-order valence-electron chi connectivity index (χ3n) is 3.63. The molecule has 28 heavy (non-hydrogen) atoms. The number of benzene rings is 2. The van der Waals surface area contributed by atoms with Gasteiger partial charge in [-0.15, -0.1) is 0 Å². The van der Waals surface area contributed by atoms with Crippen LogP contribution in [-0.2, 0) is 9.59 Å². The summed E-state index contributed by atoms with van der Waals surface area (Å²) >= 11 is 3.40. The third-order valence-corrected chi connectivity index (χ3v) is 4.32. The molecule has 0 heterocycles. The number of amides is 2. The first-order valence-corrected chi connectivity index (χ1v) is 8.89. The Hall–Kier alpha value is -3.31. The summed E-state index contributed by atoms with van der Waals surface area (Å²) in [6.45, 7) is 1.41. The second-order valence-corrected chi connectivity index (χ2v) is 6.47. The smallest absolute Gasteiger partial charge is 0.266 e. The van der Waals surface area contributed by atoms with Crippen molar-refractivity contribution in [2.75, 3.05) is 24.9 Å². The van der Waals surface area contributed by atoms with Crippen LogP contribution in [0.4, 0.5) is 11.4 Å². The molecule has 0 bridgehead atoms. The lowest BCUT2D eigenvalue weighted by Gasteiger charge is -2.10. The zero-order valence-corrected chi connectivity index (χ0v) is 17.1. The second-order valence-electron chi connectivity index (χ2n) is 5.61. The van der Waals surface area contributed by atoms with Crippen molar-refractivity contribution in [3.63, 3.8) is 0 Å². The van der Waals surface area contributed by atoms with Crippen LogP contribution in [0.2, 0.25) is 0 Å². The molecule has 0 unspecified atom stereocenters. The van der Waals surface area contributed by atoms with Gasteiger partial charge in [-0.3, -0.25) is 9.59 Å². The van der Waals surface area contributed by atoms with E-state index in [1.807, 2.05) is 6.07 Å². The van der Waals surface area contributed by atoms with Gasteiger partial charge in [0.05, 0.1) is 14.2 Å². The number of nitrogens with zero attached hydrogens (tertiary/aromatic N) is 1. The summed E-state index contributed by atoms with van der Waals surface area (Å²) < 4.78 is 11.1. The highest BCUT2D eigenvalue weighted by atomic mass is 79.9. The molecule has 0 atom stereocenters. The normalized spacial score (nSPS) is 10.6. The molecule has 2 rings (SSSR count). The molecule has 0 aliphatic heterocycles. The molecule has 0 saturated heterocycles. The summed E-state index contributed by atoms with van der Waals surface area (Å²) in [5.74, 6) is 0.250. The van der Waals surface area contributed by atoms with Crippen molar-refractivity contribution in [1.29, 1.82) is 5.26 Å². The molecule has 2 N–H and O–H groups in total. The van der Waals surface area contributed by atoms with Gasteiger partial charge < -0.3 is 20.1 Å². The van der Waals surface area contributed by atoms with Crippen molar-refractivity contribution in [2.45, 2.75) is 6.92 Å². The van der Waals surface area contributed by atoms with E-state index in [0.717, 1.165) is 0 Å². The van der Waals surface area contributed by atoms with Crippen LogP contribution in [0, 0.1) is 11.3 Å². The van der Waals surface area contributed by atoms with E-state index in [0.29, 0.717) is 32.9 Å². The van der Waals surface area contributed by atoms with E-state index >= 15 is 0 Å². The molecule has 2 amide bonds. The van der Waals surface area contributed by atoms with Crippen LogP contribution in [0.5, 0.6) is 11.5 Å². The lowest BCUT2D eigenvalue weighted by atomic mass is 10.1. The summed E-state index contributed by atoms with van der Waals surface area (Å²) in [6, 6.07) is 11.8. The first-order valence-electron chi connectivity index (χ1n) is 8.10. The molecule has 0 aliphatic carbocycles. The predicted molar refractivity (Wildman–Crippen MR) is 110 cm³/mol. The number of carbonyl (C=O) groups is 2. The fraction of sp³-hybridized carbons (Fsp3) is 0.150. The number of anilines is 2. The van der Waals surface area contributed by atoms with E-state index in [1.54, 1.807) is 36.4 Å². The topological polar surface area (TPSA) is 100 Å². The van der Waals surface area contributed by atoms with Crippen molar-refractivity contribution in [1.82, 2.24) is 0 Å². The summed E-state index contributed by atoms with van der Waals surface area (Å²) in [5, 5.41) is 14.7. The SMILES string of the molecule is COc1cc(Br)c(C=C(C#N)C(=O)Nc2ccc(NC(C)=O)cc2)cc1OC. The van der Waals surface area contributed by atoms with Gasteiger partial charge in [-0.25, -0.2) is 0 Å². The molecule has 144 valence electrons. The number of carbonyl (C=O) groups excluding carboxylic acids is 2. The van der Waals surface area contributed by atoms with Gasteiger partial charge in [0.1, 0.15) is 11.6 Å². The molecule has 7 nitrogen and oxygen atoms in total. The summed E-state index contributed by atoms with van der Waals surface area (Å²) in [6.07, 6.45) is 1.45. The molecule has 0 spiro atoms. The predicted octanol–water partition coefficient (Wildman–Crippen LogP) is 3.97. The Morgan fingerprint density at radius 2 is 1.57 bits per heavy atom. The minimum Gasteiger partial charge on any atom is -0.493 e. The van der Waals surface area contributed by atoms with Gasteiger partial charge in [0.15, 0.2) is 11.5 Å². The lowest BCUT2D eigenvalue weighted by molar-refractivity contribution is -0.114. The minimum absolute atomic E-state index is 0.0844. The van der Waals surface area contributed by atoms with Gasteiger partial charge in [0.25, 0.3) is 5.91 Å². The van der Waals surface area contributed by atoms with Crippen molar-refractivity contribution in [3.8, 4) is 17.6 Å². The molecule has 0 radical (unpaired) electrons. The molecule has 0 saturated carbocycles. The number of hydrogen-bond donors (Lipinski definition) is 2.